The molecule has 2 aliphatic rings. The van der Waals surface area contributed by atoms with Gasteiger partial charge in [0.15, 0.2) is 5.82 Å². The summed E-state index contributed by atoms with van der Waals surface area (Å²) in [6, 6.07) is 23.6. The van der Waals surface area contributed by atoms with E-state index in [9.17, 15) is 0 Å². The number of nitrogens with zero attached hydrogens (tertiary/aromatic N) is 3. The average molecular weight is 367 g/mol. The van der Waals surface area contributed by atoms with Crippen molar-refractivity contribution in [3.8, 4) is 0 Å². The summed E-state index contributed by atoms with van der Waals surface area (Å²) in [6.45, 7) is 5.71. The molecule has 0 atom stereocenters. The van der Waals surface area contributed by atoms with Gasteiger partial charge in [-0.25, -0.2) is 9.98 Å². The summed E-state index contributed by atoms with van der Waals surface area (Å²) in [6.07, 6.45) is 4.65. The molecule has 2 aromatic carbocycles. The zero-order valence-electron chi connectivity index (χ0n) is 16.5. The fourth-order valence-corrected chi connectivity index (χ4v) is 4.16. The smallest absolute Gasteiger partial charge is 0.154 e. The summed E-state index contributed by atoms with van der Waals surface area (Å²) in [4.78, 5) is 12.3. The highest BCUT2D eigenvalue weighted by Crippen LogP contribution is 2.46. The first-order chi connectivity index (χ1) is 13.6. The van der Waals surface area contributed by atoms with Gasteiger partial charge < -0.3 is 4.90 Å². The molecule has 140 valence electrons. The molecule has 1 fully saturated rings. The Morgan fingerprint density at radius 3 is 2.14 bits per heavy atom. The van der Waals surface area contributed by atoms with Crippen LogP contribution in [0, 0.1) is 0 Å². The largest absolute Gasteiger partial charge is 0.367 e. The van der Waals surface area contributed by atoms with E-state index in [4.69, 9.17) is 9.98 Å². The number of anilines is 1. The fourth-order valence-electron chi connectivity index (χ4n) is 4.16. The predicted molar refractivity (Wildman–Crippen MR) is 116 cm³/mol. The van der Waals surface area contributed by atoms with Gasteiger partial charge in [0, 0.05) is 52.6 Å². The number of benzene rings is 2. The van der Waals surface area contributed by atoms with E-state index in [1.165, 1.54) is 24.1 Å². The van der Waals surface area contributed by atoms with E-state index in [0.29, 0.717) is 6.04 Å². The third-order valence-electron chi connectivity index (χ3n) is 5.78. The minimum absolute atomic E-state index is 0.148. The van der Waals surface area contributed by atoms with Crippen molar-refractivity contribution in [1.29, 1.82) is 0 Å². The molecule has 2 heterocycles. The van der Waals surface area contributed by atoms with Gasteiger partial charge in [-0.2, -0.15) is 0 Å². The summed E-state index contributed by atoms with van der Waals surface area (Å²) < 4.78 is 0. The maximum absolute atomic E-state index is 5.02. The van der Waals surface area contributed by atoms with Gasteiger partial charge in [-0.3, -0.25) is 0 Å². The van der Waals surface area contributed by atoms with Crippen LogP contribution in [0.2, 0.25) is 0 Å². The van der Waals surface area contributed by atoms with Crippen LogP contribution in [0.25, 0.3) is 0 Å². The van der Waals surface area contributed by atoms with Gasteiger partial charge in [0.25, 0.3) is 0 Å². The minimum atomic E-state index is 0.148. The Balaban J connectivity index is 1.61. The molecule has 5 rings (SSSR count). The number of hydrogen-bond acceptors (Lipinski definition) is 3. The molecule has 3 aromatic rings. The summed E-state index contributed by atoms with van der Waals surface area (Å²) in [5, 5.41) is 0. The monoisotopic (exact) mass is 367 g/mol. The maximum atomic E-state index is 5.02. The van der Waals surface area contributed by atoms with Gasteiger partial charge in [0.2, 0.25) is 0 Å². The van der Waals surface area contributed by atoms with Crippen LogP contribution in [-0.2, 0) is 5.41 Å². The lowest BCUT2D eigenvalue weighted by molar-refractivity contribution is 0.548. The summed E-state index contributed by atoms with van der Waals surface area (Å²) in [7, 11) is 0. The molecule has 1 aromatic heterocycles. The molecule has 1 aliphatic heterocycles. The zero-order chi connectivity index (χ0) is 19.1. The second kappa shape index (κ2) is 6.59. The van der Waals surface area contributed by atoms with E-state index in [2.05, 4.69) is 73.3 Å². The van der Waals surface area contributed by atoms with E-state index >= 15 is 0 Å². The third-order valence-corrected chi connectivity index (χ3v) is 5.78. The van der Waals surface area contributed by atoms with Crippen molar-refractivity contribution in [2.45, 2.75) is 38.1 Å². The average Bonchev–Trinajstić information content (AvgIpc) is 3.53. The number of hydrogen-bond donors (Lipinski definition) is 0. The maximum Gasteiger partial charge on any atom is 0.154 e. The first kappa shape index (κ1) is 17.2. The summed E-state index contributed by atoms with van der Waals surface area (Å²) >= 11 is 0. The van der Waals surface area contributed by atoms with E-state index in [0.717, 1.165) is 29.2 Å². The lowest BCUT2D eigenvalue weighted by Crippen LogP contribution is -2.30. The molecule has 28 heavy (non-hydrogen) atoms. The molecule has 0 bridgehead atoms. The van der Waals surface area contributed by atoms with Crippen molar-refractivity contribution in [3.05, 3.63) is 89.6 Å². The Bertz CT molecular complexity index is 977. The summed E-state index contributed by atoms with van der Waals surface area (Å²) in [5.41, 5.74) is 5.99. The fraction of sp³-hybridized carbons (Fsp3) is 0.280. The van der Waals surface area contributed by atoms with Gasteiger partial charge in [0.1, 0.15) is 0 Å². The Morgan fingerprint density at radius 2 is 1.57 bits per heavy atom. The van der Waals surface area contributed by atoms with Gasteiger partial charge >= 0.3 is 0 Å². The van der Waals surface area contributed by atoms with Crippen LogP contribution in [0.5, 0.6) is 0 Å². The Kier molecular flexibility index (Phi) is 4.04. The normalized spacial score (nSPS) is 17.3. The van der Waals surface area contributed by atoms with Crippen molar-refractivity contribution >= 4 is 17.2 Å². The quantitative estimate of drug-likeness (QED) is 0.569. The molecule has 0 spiro atoms. The van der Waals surface area contributed by atoms with Crippen LogP contribution >= 0.6 is 0 Å². The number of aromatic nitrogens is 1. The molecular weight excluding hydrogens is 342 g/mol. The highest BCUT2D eigenvalue weighted by molar-refractivity contribution is 6.13. The van der Waals surface area contributed by atoms with Crippen LogP contribution < -0.4 is 4.90 Å². The molecule has 3 heteroatoms. The van der Waals surface area contributed by atoms with Crippen molar-refractivity contribution < 1.29 is 0 Å². The van der Waals surface area contributed by atoms with E-state index in [-0.39, 0.29) is 5.41 Å². The van der Waals surface area contributed by atoms with E-state index in [1.54, 1.807) is 0 Å². The second-order valence-electron chi connectivity index (χ2n) is 8.50. The second-order valence-corrected chi connectivity index (χ2v) is 8.50. The highest BCUT2D eigenvalue weighted by Gasteiger charge is 2.42. The number of fused-ring (bicyclic) bond motifs is 1. The van der Waals surface area contributed by atoms with Crippen LogP contribution in [0.3, 0.4) is 0 Å². The van der Waals surface area contributed by atoms with Crippen molar-refractivity contribution in [3.63, 3.8) is 0 Å². The topological polar surface area (TPSA) is 28.5 Å². The molecule has 1 aliphatic carbocycles. The first-order valence-corrected chi connectivity index (χ1v) is 10.1. The molecular formula is C25H25N3. The molecule has 1 saturated carbocycles. The standard InChI is InChI=1S/C25H25N3/c1-25(2)17-28(20-13-14-20)22-15-23(26-16-21(22)25)27-24(18-9-5-3-6-10-18)19-11-7-4-8-12-19/h3-12,15-16,20H,13-14,17H2,1-2H3. The van der Waals surface area contributed by atoms with Gasteiger partial charge in [0.05, 0.1) is 5.71 Å². The number of pyridine rings is 1. The molecule has 0 amide bonds. The Labute approximate surface area is 166 Å². The predicted octanol–water partition coefficient (Wildman–Crippen LogP) is 5.51. The Morgan fingerprint density at radius 1 is 0.964 bits per heavy atom. The SMILES string of the molecule is CC1(C)CN(C2CC2)c2cc(N=C(c3ccccc3)c3ccccc3)ncc21. The van der Waals surface area contributed by atoms with Crippen LogP contribution in [0.4, 0.5) is 11.5 Å². The van der Waals surface area contributed by atoms with Crippen LogP contribution in [-0.4, -0.2) is 23.3 Å². The summed E-state index contributed by atoms with van der Waals surface area (Å²) in [5.74, 6) is 0.782. The molecule has 0 unspecified atom stereocenters. The molecule has 0 radical (unpaired) electrons. The van der Waals surface area contributed by atoms with Crippen molar-refractivity contribution in [2.24, 2.45) is 4.99 Å². The Hall–Kier alpha value is -2.94. The number of rotatable bonds is 4. The zero-order valence-corrected chi connectivity index (χ0v) is 16.5. The van der Waals surface area contributed by atoms with Crippen LogP contribution in [0.15, 0.2) is 77.9 Å². The lowest BCUT2D eigenvalue weighted by Gasteiger charge is -2.21. The highest BCUT2D eigenvalue weighted by atomic mass is 15.2. The molecule has 0 saturated heterocycles. The van der Waals surface area contributed by atoms with Crippen LogP contribution in [0.1, 0.15) is 43.4 Å². The van der Waals surface area contributed by atoms with Gasteiger partial charge in [-0.1, -0.05) is 74.5 Å². The third kappa shape index (κ3) is 3.11. The number of aliphatic imine (C=N–C) groups is 1. The minimum Gasteiger partial charge on any atom is -0.367 e. The first-order valence-electron chi connectivity index (χ1n) is 10.1. The molecule has 3 nitrogen and oxygen atoms in total. The lowest BCUT2D eigenvalue weighted by atomic mass is 9.88. The molecule has 0 N–H and O–H groups in total. The van der Waals surface area contributed by atoms with Gasteiger partial charge in [-0.05, 0) is 12.8 Å². The van der Waals surface area contributed by atoms with Gasteiger partial charge in [-0.15, -0.1) is 0 Å². The van der Waals surface area contributed by atoms with Crippen molar-refractivity contribution in [1.82, 2.24) is 4.98 Å². The van der Waals surface area contributed by atoms with E-state index in [1.807, 2.05) is 18.3 Å². The van der Waals surface area contributed by atoms with Crippen molar-refractivity contribution in [2.75, 3.05) is 11.4 Å². The van der Waals surface area contributed by atoms with E-state index < -0.39 is 0 Å².